The fourth-order valence-corrected chi connectivity index (χ4v) is 3.49. The second kappa shape index (κ2) is 5.82. The van der Waals surface area contributed by atoms with Crippen molar-refractivity contribution in [1.82, 2.24) is 5.32 Å². The van der Waals surface area contributed by atoms with E-state index in [0.717, 1.165) is 18.9 Å². The summed E-state index contributed by atoms with van der Waals surface area (Å²) in [5.74, 6) is -0.331. The van der Waals surface area contributed by atoms with Crippen LogP contribution in [0.5, 0.6) is 0 Å². The van der Waals surface area contributed by atoms with Crippen LogP contribution in [0, 0.1) is 23.1 Å². The van der Waals surface area contributed by atoms with Crippen LogP contribution in [0.3, 0.4) is 0 Å². The zero-order valence-corrected chi connectivity index (χ0v) is 11.7. The molecular formula is C16H18FN3O. The first-order valence-electron chi connectivity index (χ1n) is 7.39. The molecule has 2 saturated heterocycles. The number of carbonyl (C=O) groups excluding carboxylic acids is 1. The number of nitrogens with one attached hydrogen (secondary N) is 2. The van der Waals surface area contributed by atoms with E-state index in [1.165, 1.54) is 25.0 Å². The summed E-state index contributed by atoms with van der Waals surface area (Å²) in [5, 5.41) is 14.9. The van der Waals surface area contributed by atoms with Crippen LogP contribution < -0.4 is 10.6 Å². The van der Waals surface area contributed by atoms with E-state index >= 15 is 0 Å². The Balaban J connectivity index is 1.58. The van der Waals surface area contributed by atoms with Crippen LogP contribution in [0.25, 0.3) is 0 Å². The molecule has 1 aromatic carbocycles. The Morgan fingerprint density at radius 3 is 2.71 bits per heavy atom. The summed E-state index contributed by atoms with van der Waals surface area (Å²) in [6.07, 6.45) is 4.90. The van der Waals surface area contributed by atoms with Crippen LogP contribution in [-0.4, -0.2) is 18.0 Å². The predicted molar refractivity (Wildman–Crippen MR) is 77.0 cm³/mol. The van der Waals surface area contributed by atoms with E-state index in [1.807, 2.05) is 6.07 Å². The van der Waals surface area contributed by atoms with Crippen LogP contribution in [0.1, 0.15) is 37.7 Å². The average Bonchev–Trinajstić information content (AvgIpc) is 2.80. The Bertz CT molecular complexity index is 584. The smallest absolute Gasteiger partial charge is 0.224 e. The molecule has 0 aromatic heterocycles. The molecule has 1 amide bonds. The predicted octanol–water partition coefficient (Wildman–Crippen LogP) is 2.56. The molecule has 110 valence electrons. The fraction of sp³-hybridized carbons (Fsp3) is 0.500. The van der Waals surface area contributed by atoms with Gasteiger partial charge in [-0.1, -0.05) is 0 Å². The van der Waals surface area contributed by atoms with Crippen molar-refractivity contribution in [1.29, 1.82) is 5.26 Å². The number of hydrogen-bond donors (Lipinski definition) is 2. The summed E-state index contributed by atoms with van der Waals surface area (Å²) < 4.78 is 13.7. The first-order chi connectivity index (χ1) is 10.1. The van der Waals surface area contributed by atoms with E-state index < -0.39 is 5.82 Å². The normalized spacial score (nSPS) is 27.1. The van der Waals surface area contributed by atoms with E-state index in [1.54, 1.807) is 0 Å². The van der Waals surface area contributed by atoms with Gasteiger partial charge in [-0.2, -0.15) is 5.26 Å². The molecule has 2 bridgehead atoms. The molecule has 21 heavy (non-hydrogen) atoms. The SMILES string of the molecule is N#Cc1ccc(NC(=O)CC2CC3CCC(C2)N3)c(F)c1. The van der Waals surface area contributed by atoms with Gasteiger partial charge in [-0.05, 0) is 49.8 Å². The molecule has 2 aliphatic heterocycles. The topological polar surface area (TPSA) is 64.9 Å². The van der Waals surface area contributed by atoms with Crippen molar-refractivity contribution in [3.63, 3.8) is 0 Å². The molecular weight excluding hydrogens is 269 g/mol. The number of carbonyl (C=O) groups is 1. The molecule has 2 aliphatic rings. The molecule has 0 aliphatic carbocycles. The number of fused-ring (bicyclic) bond motifs is 2. The molecule has 1 aromatic rings. The van der Waals surface area contributed by atoms with Gasteiger partial charge >= 0.3 is 0 Å². The zero-order chi connectivity index (χ0) is 14.8. The number of piperidine rings is 1. The van der Waals surface area contributed by atoms with Crippen LogP contribution in [0.15, 0.2) is 18.2 Å². The lowest BCUT2D eigenvalue weighted by Gasteiger charge is -2.28. The van der Waals surface area contributed by atoms with Gasteiger partial charge in [0.05, 0.1) is 17.3 Å². The second-order valence-electron chi connectivity index (χ2n) is 6.03. The largest absolute Gasteiger partial charge is 0.324 e. The van der Waals surface area contributed by atoms with Crippen LogP contribution in [-0.2, 0) is 4.79 Å². The Hall–Kier alpha value is -1.93. The fourth-order valence-electron chi connectivity index (χ4n) is 3.49. The molecule has 0 spiro atoms. The Kier molecular flexibility index (Phi) is 3.89. The van der Waals surface area contributed by atoms with Crippen molar-refractivity contribution in [3.8, 4) is 6.07 Å². The molecule has 0 radical (unpaired) electrons. The molecule has 4 nitrogen and oxygen atoms in total. The lowest BCUT2D eigenvalue weighted by molar-refractivity contribution is -0.117. The third-order valence-electron chi connectivity index (χ3n) is 4.42. The van der Waals surface area contributed by atoms with Gasteiger partial charge in [-0.25, -0.2) is 4.39 Å². The van der Waals surface area contributed by atoms with E-state index in [4.69, 9.17) is 5.26 Å². The number of anilines is 1. The highest BCUT2D eigenvalue weighted by atomic mass is 19.1. The average molecular weight is 287 g/mol. The minimum absolute atomic E-state index is 0.148. The maximum Gasteiger partial charge on any atom is 0.224 e. The van der Waals surface area contributed by atoms with E-state index in [9.17, 15) is 9.18 Å². The van der Waals surface area contributed by atoms with Gasteiger partial charge in [0.15, 0.2) is 0 Å². The lowest BCUT2D eigenvalue weighted by Crippen LogP contribution is -2.39. The van der Waals surface area contributed by atoms with Crippen molar-refractivity contribution >= 4 is 11.6 Å². The maximum absolute atomic E-state index is 13.7. The quantitative estimate of drug-likeness (QED) is 0.898. The molecule has 2 fully saturated rings. The van der Waals surface area contributed by atoms with Gasteiger partial charge in [-0.15, -0.1) is 0 Å². The standard InChI is InChI=1S/C16H18FN3O/c17-14-7-10(9-18)1-4-15(14)20-16(21)8-11-5-12-2-3-13(6-11)19-12/h1,4,7,11-13,19H,2-3,5-6,8H2,(H,20,21). The van der Waals surface area contributed by atoms with Crippen molar-refractivity contribution in [2.24, 2.45) is 5.92 Å². The molecule has 2 unspecified atom stereocenters. The first-order valence-corrected chi connectivity index (χ1v) is 7.39. The molecule has 5 heteroatoms. The van der Waals surface area contributed by atoms with Crippen molar-refractivity contribution < 1.29 is 9.18 Å². The number of amides is 1. The summed E-state index contributed by atoms with van der Waals surface area (Å²) in [4.78, 5) is 12.1. The molecule has 2 N–H and O–H groups in total. The summed E-state index contributed by atoms with van der Waals surface area (Å²) >= 11 is 0. The highest BCUT2D eigenvalue weighted by molar-refractivity contribution is 5.91. The molecule has 3 rings (SSSR count). The third-order valence-corrected chi connectivity index (χ3v) is 4.42. The van der Waals surface area contributed by atoms with Crippen molar-refractivity contribution in [2.45, 2.75) is 44.2 Å². The minimum atomic E-state index is -0.562. The first kappa shape index (κ1) is 14.0. The number of rotatable bonds is 3. The molecule has 2 atom stereocenters. The van der Waals surface area contributed by atoms with E-state index in [2.05, 4.69) is 10.6 Å². The summed E-state index contributed by atoms with van der Waals surface area (Å²) in [6, 6.07) is 7.05. The van der Waals surface area contributed by atoms with Gasteiger partial charge in [0.25, 0.3) is 0 Å². The van der Waals surface area contributed by atoms with Crippen LogP contribution >= 0.6 is 0 Å². The number of nitrogens with zero attached hydrogens (tertiary/aromatic N) is 1. The number of benzene rings is 1. The van der Waals surface area contributed by atoms with Gasteiger partial charge < -0.3 is 10.6 Å². The third kappa shape index (κ3) is 3.22. The molecule has 0 saturated carbocycles. The lowest BCUT2D eigenvalue weighted by atomic mass is 9.89. The summed E-state index contributed by atoms with van der Waals surface area (Å²) in [6.45, 7) is 0. The zero-order valence-electron chi connectivity index (χ0n) is 11.7. The highest BCUT2D eigenvalue weighted by Crippen LogP contribution is 2.32. The van der Waals surface area contributed by atoms with Gasteiger partial charge in [0, 0.05) is 18.5 Å². The van der Waals surface area contributed by atoms with Crippen molar-refractivity contribution in [3.05, 3.63) is 29.6 Å². The number of nitriles is 1. The minimum Gasteiger partial charge on any atom is -0.324 e. The van der Waals surface area contributed by atoms with Gasteiger partial charge in [0.1, 0.15) is 5.82 Å². The summed E-state index contributed by atoms with van der Waals surface area (Å²) in [7, 11) is 0. The van der Waals surface area contributed by atoms with E-state index in [-0.39, 0.29) is 17.2 Å². The van der Waals surface area contributed by atoms with Gasteiger partial charge in [-0.3, -0.25) is 4.79 Å². The van der Waals surface area contributed by atoms with Crippen LogP contribution in [0.4, 0.5) is 10.1 Å². The maximum atomic E-state index is 13.7. The van der Waals surface area contributed by atoms with Crippen LogP contribution in [0.2, 0.25) is 0 Å². The monoisotopic (exact) mass is 287 g/mol. The van der Waals surface area contributed by atoms with Crippen molar-refractivity contribution in [2.75, 3.05) is 5.32 Å². The second-order valence-corrected chi connectivity index (χ2v) is 6.03. The van der Waals surface area contributed by atoms with Gasteiger partial charge in [0.2, 0.25) is 5.91 Å². The number of hydrogen-bond acceptors (Lipinski definition) is 3. The Labute approximate surface area is 123 Å². The van der Waals surface area contributed by atoms with E-state index in [0.29, 0.717) is 24.4 Å². The number of halogens is 1. The Morgan fingerprint density at radius 2 is 2.10 bits per heavy atom. The Morgan fingerprint density at radius 1 is 1.38 bits per heavy atom. The summed E-state index contributed by atoms with van der Waals surface area (Å²) in [5.41, 5.74) is 0.399. The molecule has 2 heterocycles. The highest BCUT2D eigenvalue weighted by Gasteiger charge is 2.34.